The third kappa shape index (κ3) is 3.11. The summed E-state index contributed by atoms with van der Waals surface area (Å²) in [6, 6.07) is 6.96. The Labute approximate surface area is 128 Å². The molecule has 1 aliphatic rings. The van der Waals surface area contributed by atoms with Gasteiger partial charge < -0.3 is 15.4 Å². The molecule has 1 aromatic carbocycles. The summed E-state index contributed by atoms with van der Waals surface area (Å²) in [7, 11) is 0. The van der Waals surface area contributed by atoms with Crippen LogP contribution in [0.1, 0.15) is 25.5 Å². The topological polar surface area (TPSA) is 50.4 Å². The molecule has 4 nitrogen and oxygen atoms in total. The summed E-state index contributed by atoms with van der Waals surface area (Å²) < 4.78 is 5.12. The lowest BCUT2D eigenvalue weighted by Gasteiger charge is -2.29. The van der Waals surface area contributed by atoms with Gasteiger partial charge in [-0.05, 0) is 43.8 Å². The van der Waals surface area contributed by atoms with Gasteiger partial charge in [0.15, 0.2) is 5.11 Å². The Morgan fingerprint density at radius 2 is 2.25 bits per heavy atom. The van der Waals surface area contributed by atoms with Crippen LogP contribution in [0.5, 0.6) is 0 Å². The minimum atomic E-state index is -0.363. The van der Waals surface area contributed by atoms with Gasteiger partial charge in [0.1, 0.15) is 0 Å². The Morgan fingerprint density at radius 1 is 1.50 bits per heavy atom. The maximum absolute atomic E-state index is 12.1. The van der Waals surface area contributed by atoms with E-state index in [0.29, 0.717) is 28.0 Å². The van der Waals surface area contributed by atoms with E-state index in [2.05, 4.69) is 10.6 Å². The van der Waals surface area contributed by atoms with Crippen LogP contribution in [-0.2, 0) is 9.53 Å². The zero-order chi connectivity index (χ0) is 14.7. The van der Waals surface area contributed by atoms with Gasteiger partial charge in [-0.2, -0.15) is 0 Å². The van der Waals surface area contributed by atoms with Gasteiger partial charge in [0, 0.05) is 10.7 Å². The van der Waals surface area contributed by atoms with Crippen molar-refractivity contribution >= 4 is 34.9 Å². The van der Waals surface area contributed by atoms with Crippen molar-refractivity contribution in [2.75, 3.05) is 6.61 Å². The van der Waals surface area contributed by atoms with E-state index in [1.807, 2.05) is 12.1 Å². The van der Waals surface area contributed by atoms with Gasteiger partial charge in [0.2, 0.25) is 0 Å². The van der Waals surface area contributed by atoms with Crippen molar-refractivity contribution in [3.05, 3.63) is 46.1 Å². The average molecular weight is 311 g/mol. The molecule has 0 bridgehead atoms. The third-order valence-corrected chi connectivity index (χ3v) is 3.40. The second-order valence-corrected chi connectivity index (χ2v) is 5.19. The van der Waals surface area contributed by atoms with E-state index in [4.69, 9.17) is 28.6 Å². The number of allylic oxidation sites excluding steroid dienone is 1. The second-order valence-electron chi connectivity index (χ2n) is 4.35. The molecule has 106 valence electrons. The van der Waals surface area contributed by atoms with E-state index in [-0.39, 0.29) is 12.0 Å². The molecular formula is C14H15ClN2O2S. The summed E-state index contributed by atoms with van der Waals surface area (Å²) in [5.41, 5.74) is 2.07. The number of nitrogens with one attached hydrogen (secondary N) is 2. The van der Waals surface area contributed by atoms with E-state index < -0.39 is 0 Å². The normalized spacial score (nSPS) is 18.4. The van der Waals surface area contributed by atoms with Gasteiger partial charge in [-0.25, -0.2) is 4.79 Å². The molecule has 20 heavy (non-hydrogen) atoms. The highest BCUT2D eigenvalue weighted by Gasteiger charge is 2.30. The maximum atomic E-state index is 12.1. The molecule has 0 saturated heterocycles. The highest BCUT2D eigenvalue weighted by molar-refractivity contribution is 7.80. The minimum absolute atomic E-state index is 0.322. The highest BCUT2D eigenvalue weighted by atomic mass is 35.5. The van der Waals surface area contributed by atoms with Crippen molar-refractivity contribution in [3.8, 4) is 0 Å². The van der Waals surface area contributed by atoms with Gasteiger partial charge in [-0.1, -0.05) is 23.7 Å². The monoisotopic (exact) mass is 310 g/mol. The summed E-state index contributed by atoms with van der Waals surface area (Å²) in [6.45, 7) is 3.90. The predicted octanol–water partition coefficient (Wildman–Crippen LogP) is 2.70. The summed E-state index contributed by atoms with van der Waals surface area (Å²) in [5, 5.41) is 7.11. The fourth-order valence-corrected chi connectivity index (χ4v) is 2.58. The van der Waals surface area contributed by atoms with Crippen LogP contribution in [0.4, 0.5) is 0 Å². The lowest BCUT2D eigenvalue weighted by atomic mass is 9.96. The van der Waals surface area contributed by atoms with E-state index in [1.54, 1.807) is 26.0 Å². The van der Waals surface area contributed by atoms with E-state index >= 15 is 0 Å². The first-order chi connectivity index (χ1) is 9.52. The average Bonchev–Trinajstić information content (AvgIpc) is 2.37. The number of esters is 1. The van der Waals surface area contributed by atoms with Gasteiger partial charge in [-0.15, -0.1) is 0 Å². The second kappa shape index (κ2) is 6.24. The molecule has 0 radical (unpaired) electrons. The Hall–Kier alpha value is -1.59. The van der Waals surface area contributed by atoms with Gasteiger partial charge in [0.25, 0.3) is 0 Å². The SMILES string of the molecule is CCOC(=O)C1=C(C)NC(=S)N[C@@H]1c1cccc(Cl)c1. The van der Waals surface area contributed by atoms with Crippen molar-refractivity contribution in [1.29, 1.82) is 0 Å². The Morgan fingerprint density at radius 3 is 2.90 bits per heavy atom. The number of rotatable bonds is 3. The number of hydrogen-bond acceptors (Lipinski definition) is 3. The molecule has 1 aromatic rings. The standard InChI is InChI=1S/C14H15ClN2O2S/c1-3-19-13(18)11-8(2)16-14(20)17-12(11)9-5-4-6-10(15)7-9/h4-7,12H,3H2,1-2H3,(H2,16,17,20)/t12-/m1/s1. The van der Waals surface area contributed by atoms with Gasteiger partial charge in [0.05, 0.1) is 18.2 Å². The van der Waals surface area contributed by atoms with Crippen molar-refractivity contribution < 1.29 is 9.53 Å². The third-order valence-electron chi connectivity index (χ3n) is 2.95. The number of thiocarbonyl (C=S) groups is 1. The first-order valence-electron chi connectivity index (χ1n) is 6.23. The predicted molar refractivity (Wildman–Crippen MR) is 82.4 cm³/mol. The Kier molecular flexibility index (Phi) is 4.62. The van der Waals surface area contributed by atoms with Gasteiger partial charge >= 0.3 is 5.97 Å². The highest BCUT2D eigenvalue weighted by Crippen LogP contribution is 2.28. The van der Waals surface area contributed by atoms with Crippen LogP contribution in [0.2, 0.25) is 5.02 Å². The number of halogens is 1. The minimum Gasteiger partial charge on any atom is -0.463 e. The number of hydrogen-bond donors (Lipinski definition) is 2. The molecular weight excluding hydrogens is 296 g/mol. The number of benzene rings is 1. The molecule has 0 aliphatic carbocycles. The van der Waals surface area contributed by atoms with Crippen molar-refractivity contribution in [2.45, 2.75) is 19.9 Å². The summed E-state index contributed by atoms with van der Waals surface area (Å²) in [5.74, 6) is -0.363. The molecule has 2 rings (SSSR count). The van der Waals surface area contributed by atoms with Crippen molar-refractivity contribution in [2.24, 2.45) is 0 Å². The molecule has 0 fully saturated rings. The molecule has 1 aliphatic heterocycles. The van der Waals surface area contributed by atoms with Crippen molar-refractivity contribution in [3.63, 3.8) is 0 Å². The first kappa shape index (κ1) is 14.8. The van der Waals surface area contributed by atoms with Crippen molar-refractivity contribution in [1.82, 2.24) is 10.6 Å². The van der Waals surface area contributed by atoms with Gasteiger partial charge in [-0.3, -0.25) is 0 Å². The molecule has 0 amide bonds. The molecule has 0 spiro atoms. The number of carbonyl (C=O) groups is 1. The quantitative estimate of drug-likeness (QED) is 0.664. The molecule has 2 N–H and O–H groups in total. The number of ether oxygens (including phenoxy) is 1. The first-order valence-corrected chi connectivity index (χ1v) is 7.02. The van der Waals surface area contributed by atoms with Crippen LogP contribution in [0.3, 0.4) is 0 Å². The molecule has 0 saturated carbocycles. The summed E-state index contributed by atoms with van der Waals surface area (Å²) in [6.07, 6.45) is 0. The lowest BCUT2D eigenvalue weighted by Crippen LogP contribution is -2.45. The maximum Gasteiger partial charge on any atom is 0.338 e. The van der Waals surface area contributed by atoms with Crippen LogP contribution in [0.25, 0.3) is 0 Å². The summed E-state index contributed by atoms with van der Waals surface area (Å²) >= 11 is 11.2. The van der Waals surface area contributed by atoms with E-state index in [0.717, 1.165) is 5.56 Å². The van der Waals surface area contributed by atoms with E-state index in [9.17, 15) is 4.79 Å². The summed E-state index contributed by atoms with van der Waals surface area (Å²) in [4.78, 5) is 12.1. The number of carbonyl (C=O) groups excluding carboxylic acids is 1. The Balaban J connectivity index is 2.44. The van der Waals surface area contributed by atoms with Crippen LogP contribution >= 0.6 is 23.8 Å². The van der Waals surface area contributed by atoms with Crippen LogP contribution in [-0.4, -0.2) is 17.7 Å². The van der Waals surface area contributed by atoms with Crippen LogP contribution in [0.15, 0.2) is 35.5 Å². The van der Waals surface area contributed by atoms with E-state index in [1.165, 1.54) is 0 Å². The van der Waals surface area contributed by atoms with Crippen LogP contribution < -0.4 is 10.6 Å². The zero-order valence-corrected chi connectivity index (χ0v) is 12.8. The Bertz CT molecular complexity index is 586. The molecule has 1 atom stereocenters. The fraction of sp³-hybridized carbons (Fsp3) is 0.286. The molecule has 1 heterocycles. The largest absolute Gasteiger partial charge is 0.463 e. The molecule has 6 heteroatoms. The zero-order valence-electron chi connectivity index (χ0n) is 11.2. The molecule has 0 aromatic heterocycles. The molecule has 0 unspecified atom stereocenters. The van der Waals surface area contributed by atoms with Crippen LogP contribution in [0, 0.1) is 0 Å². The smallest absolute Gasteiger partial charge is 0.338 e. The lowest BCUT2D eigenvalue weighted by molar-refractivity contribution is -0.139. The fourth-order valence-electron chi connectivity index (χ4n) is 2.11.